The molecular formula is C20H21N3O2. The summed E-state index contributed by atoms with van der Waals surface area (Å²) in [4.78, 5) is 29.5. The summed E-state index contributed by atoms with van der Waals surface area (Å²) in [5, 5.41) is 4.33. The van der Waals surface area contributed by atoms with Crippen LogP contribution in [0.15, 0.2) is 53.6 Å². The monoisotopic (exact) mass is 335 g/mol. The molecule has 0 spiro atoms. The lowest BCUT2D eigenvalue weighted by Crippen LogP contribution is -2.32. The number of fused-ring (bicyclic) bond motifs is 1. The molecule has 25 heavy (non-hydrogen) atoms. The van der Waals surface area contributed by atoms with Crippen LogP contribution in [0.5, 0.6) is 0 Å². The SMILES string of the molecule is CCCn1c(C(=O)NCc2ccncc2)cc2ccc(C)cc2c1=O. The Hall–Kier alpha value is -2.95. The van der Waals surface area contributed by atoms with E-state index in [1.54, 1.807) is 23.0 Å². The number of carbonyl (C=O) groups excluding carboxylic acids is 1. The van der Waals surface area contributed by atoms with Gasteiger partial charge >= 0.3 is 0 Å². The normalized spacial score (nSPS) is 10.8. The van der Waals surface area contributed by atoms with Gasteiger partial charge in [0, 0.05) is 30.9 Å². The fraction of sp³-hybridized carbons (Fsp3) is 0.250. The van der Waals surface area contributed by atoms with E-state index in [2.05, 4.69) is 10.3 Å². The van der Waals surface area contributed by atoms with Crippen molar-refractivity contribution in [3.05, 3.63) is 76.0 Å². The highest BCUT2D eigenvalue weighted by molar-refractivity contribution is 5.96. The van der Waals surface area contributed by atoms with Crippen LogP contribution < -0.4 is 10.9 Å². The van der Waals surface area contributed by atoms with Gasteiger partial charge in [0.25, 0.3) is 11.5 Å². The number of nitrogens with zero attached hydrogens (tertiary/aromatic N) is 2. The Morgan fingerprint density at radius 1 is 1.16 bits per heavy atom. The number of aromatic nitrogens is 2. The molecule has 0 aliphatic carbocycles. The molecule has 0 unspecified atom stereocenters. The van der Waals surface area contributed by atoms with Crippen LogP contribution in [0.3, 0.4) is 0 Å². The van der Waals surface area contributed by atoms with Gasteiger partial charge in [0.2, 0.25) is 0 Å². The number of pyridine rings is 2. The van der Waals surface area contributed by atoms with Gasteiger partial charge in [-0.15, -0.1) is 0 Å². The van der Waals surface area contributed by atoms with Crippen LogP contribution in [0.25, 0.3) is 10.8 Å². The standard InChI is InChI=1S/C20H21N3O2/c1-3-10-23-18(19(24)22-13-15-6-8-21-9-7-15)12-16-5-4-14(2)11-17(16)20(23)25/h4-9,11-12H,3,10,13H2,1-2H3,(H,22,24). The van der Waals surface area contributed by atoms with Crippen molar-refractivity contribution >= 4 is 16.7 Å². The van der Waals surface area contributed by atoms with Crippen LogP contribution in [0.4, 0.5) is 0 Å². The van der Waals surface area contributed by atoms with E-state index < -0.39 is 0 Å². The molecule has 128 valence electrons. The van der Waals surface area contributed by atoms with Crippen LogP contribution >= 0.6 is 0 Å². The van der Waals surface area contributed by atoms with Crippen molar-refractivity contribution in [2.24, 2.45) is 0 Å². The number of aryl methyl sites for hydroxylation is 1. The molecule has 0 radical (unpaired) electrons. The largest absolute Gasteiger partial charge is 0.347 e. The Bertz CT molecular complexity index is 962. The maximum Gasteiger partial charge on any atom is 0.268 e. The van der Waals surface area contributed by atoms with Gasteiger partial charge in [0.15, 0.2) is 0 Å². The minimum absolute atomic E-state index is 0.114. The molecule has 1 N–H and O–H groups in total. The smallest absolute Gasteiger partial charge is 0.268 e. The van der Waals surface area contributed by atoms with Crippen molar-refractivity contribution in [1.29, 1.82) is 0 Å². The predicted molar refractivity (Wildman–Crippen MR) is 98.6 cm³/mol. The molecule has 5 heteroatoms. The summed E-state index contributed by atoms with van der Waals surface area (Å²) < 4.78 is 1.57. The molecule has 0 atom stereocenters. The van der Waals surface area contributed by atoms with Gasteiger partial charge in [-0.2, -0.15) is 0 Å². The quantitative estimate of drug-likeness (QED) is 0.779. The van der Waals surface area contributed by atoms with E-state index in [4.69, 9.17) is 0 Å². The molecule has 0 bridgehead atoms. The van der Waals surface area contributed by atoms with Gasteiger partial charge in [-0.1, -0.05) is 24.6 Å². The van der Waals surface area contributed by atoms with Crippen molar-refractivity contribution in [2.45, 2.75) is 33.4 Å². The maximum absolute atomic E-state index is 12.8. The number of benzene rings is 1. The Morgan fingerprint density at radius 3 is 2.64 bits per heavy atom. The van der Waals surface area contributed by atoms with Gasteiger partial charge in [0.05, 0.1) is 0 Å². The molecule has 2 aromatic heterocycles. The molecule has 0 saturated carbocycles. The number of carbonyl (C=O) groups is 1. The van der Waals surface area contributed by atoms with E-state index in [9.17, 15) is 9.59 Å². The highest BCUT2D eigenvalue weighted by atomic mass is 16.2. The molecule has 1 amide bonds. The van der Waals surface area contributed by atoms with Crippen molar-refractivity contribution in [3.63, 3.8) is 0 Å². The van der Waals surface area contributed by atoms with Crippen LogP contribution in [-0.4, -0.2) is 15.5 Å². The third kappa shape index (κ3) is 3.60. The summed E-state index contributed by atoms with van der Waals surface area (Å²) in [6, 6.07) is 11.2. The topological polar surface area (TPSA) is 64.0 Å². The minimum atomic E-state index is -0.246. The van der Waals surface area contributed by atoms with Crippen molar-refractivity contribution < 1.29 is 4.79 Å². The zero-order chi connectivity index (χ0) is 17.8. The number of rotatable bonds is 5. The highest BCUT2D eigenvalue weighted by Gasteiger charge is 2.15. The summed E-state index contributed by atoms with van der Waals surface area (Å²) in [7, 11) is 0. The number of hydrogen-bond acceptors (Lipinski definition) is 3. The Kier molecular flexibility index (Phi) is 4.93. The van der Waals surface area contributed by atoms with Gasteiger partial charge in [-0.3, -0.25) is 14.6 Å². The van der Waals surface area contributed by atoms with E-state index in [0.29, 0.717) is 24.2 Å². The first kappa shape index (κ1) is 16.9. The van der Waals surface area contributed by atoms with Gasteiger partial charge in [0.1, 0.15) is 5.69 Å². The second-order valence-electron chi connectivity index (χ2n) is 6.12. The molecule has 3 aromatic rings. The second kappa shape index (κ2) is 7.30. The molecule has 1 aromatic carbocycles. The van der Waals surface area contributed by atoms with E-state index in [1.165, 1.54) is 0 Å². The molecule has 0 saturated heterocycles. The lowest BCUT2D eigenvalue weighted by Gasteiger charge is -2.14. The highest BCUT2D eigenvalue weighted by Crippen LogP contribution is 2.15. The molecule has 0 aliphatic rings. The molecule has 2 heterocycles. The number of hydrogen-bond donors (Lipinski definition) is 1. The number of amides is 1. The maximum atomic E-state index is 12.8. The van der Waals surface area contributed by atoms with Crippen molar-refractivity contribution in [2.75, 3.05) is 0 Å². The molecule has 0 aliphatic heterocycles. The summed E-state index contributed by atoms with van der Waals surface area (Å²) in [6.45, 7) is 4.86. The van der Waals surface area contributed by atoms with Crippen LogP contribution in [-0.2, 0) is 13.1 Å². The Morgan fingerprint density at radius 2 is 1.92 bits per heavy atom. The van der Waals surface area contributed by atoms with Crippen LogP contribution in [0.2, 0.25) is 0 Å². The van der Waals surface area contributed by atoms with Gasteiger partial charge in [-0.05, 0) is 48.6 Å². The first-order valence-corrected chi connectivity index (χ1v) is 8.41. The first-order valence-electron chi connectivity index (χ1n) is 8.41. The third-order valence-corrected chi connectivity index (χ3v) is 4.15. The third-order valence-electron chi connectivity index (χ3n) is 4.15. The predicted octanol–water partition coefficient (Wildman–Crippen LogP) is 3.04. The second-order valence-corrected chi connectivity index (χ2v) is 6.12. The van der Waals surface area contributed by atoms with Crippen LogP contribution in [0.1, 0.15) is 35.0 Å². The van der Waals surface area contributed by atoms with E-state index in [-0.39, 0.29) is 11.5 Å². The van der Waals surface area contributed by atoms with Gasteiger partial charge in [-0.25, -0.2) is 0 Å². The minimum Gasteiger partial charge on any atom is -0.347 e. The molecule has 0 fully saturated rings. The average molecular weight is 335 g/mol. The summed E-state index contributed by atoms with van der Waals surface area (Å²) in [6.07, 6.45) is 4.15. The summed E-state index contributed by atoms with van der Waals surface area (Å²) in [5.41, 5.74) is 2.28. The van der Waals surface area contributed by atoms with Crippen LogP contribution in [0, 0.1) is 6.92 Å². The van der Waals surface area contributed by atoms with E-state index >= 15 is 0 Å². The van der Waals surface area contributed by atoms with Crippen molar-refractivity contribution in [1.82, 2.24) is 14.9 Å². The summed E-state index contributed by atoms with van der Waals surface area (Å²) in [5.74, 6) is -0.246. The Labute approximate surface area is 146 Å². The molecule has 3 rings (SSSR count). The lowest BCUT2D eigenvalue weighted by molar-refractivity contribution is 0.0940. The average Bonchev–Trinajstić information content (AvgIpc) is 2.63. The zero-order valence-corrected chi connectivity index (χ0v) is 14.5. The fourth-order valence-electron chi connectivity index (χ4n) is 2.87. The Balaban J connectivity index is 1.98. The van der Waals surface area contributed by atoms with Gasteiger partial charge < -0.3 is 9.88 Å². The molecule has 5 nitrogen and oxygen atoms in total. The fourth-order valence-corrected chi connectivity index (χ4v) is 2.87. The lowest BCUT2D eigenvalue weighted by atomic mass is 10.1. The van der Waals surface area contributed by atoms with E-state index in [0.717, 1.165) is 22.9 Å². The zero-order valence-electron chi connectivity index (χ0n) is 14.5. The number of nitrogens with one attached hydrogen (secondary N) is 1. The first-order chi connectivity index (χ1) is 12.1. The van der Waals surface area contributed by atoms with Crippen molar-refractivity contribution in [3.8, 4) is 0 Å². The molecular weight excluding hydrogens is 314 g/mol. The summed E-state index contributed by atoms with van der Waals surface area (Å²) >= 11 is 0. The van der Waals surface area contributed by atoms with E-state index in [1.807, 2.05) is 44.2 Å².